The molecule has 0 aliphatic heterocycles. The molecule has 102 valence electrons. The van der Waals surface area contributed by atoms with Crippen LogP contribution in [0.4, 0.5) is 5.13 Å². The Hall–Kier alpha value is -2.14. The van der Waals surface area contributed by atoms with Crippen LogP contribution < -0.4 is 5.32 Å². The summed E-state index contributed by atoms with van der Waals surface area (Å²) in [4.78, 5) is 17.7. The predicted octanol–water partition coefficient (Wildman–Crippen LogP) is 4.01. The van der Waals surface area contributed by atoms with Gasteiger partial charge in [0.15, 0.2) is 10.9 Å². The first kappa shape index (κ1) is 12.9. The predicted molar refractivity (Wildman–Crippen MR) is 80.4 cm³/mol. The summed E-state index contributed by atoms with van der Waals surface area (Å²) in [5, 5.41) is 4.32. The number of para-hydroxylation sites is 1. The van der Waals surface area contributed by atoms with E-state index in [0.29, 0.717) is 16.5 Å². The minimum Gasteiger partial charge on any atom is -0.451 e. The highest BCUT2D eigenvalue weighted by Gasteiger charge is 2.14. The second kappa shape index (κ2) is 5.09. The number of thiazole rings is 1. The molecule has 0 bridgehead atoms. The number of aromatic nitrogens is 1. The largest absolute Gasteiger partial charge is 0.451 e. The highest BCUT2D eigenvalue weighted by molar-refractivity contribution is 7.15. The van der Waals surface area contributed by atoms with E-state index >= 15 is 0 Å². The van der Waals surface area contributed by atoms with Crippen molar-refractivity contribution in [2.45, 2.75) is 20.3 Å². The van der Waals surface area contributed by atoms with Gasteiger partial charge < -0.3 is 4.42 Å². The quantitative estimate of drug-likeness (QED) is 0.791. The van der Waals surface area contributed by atoms with E-state index in [2.05, 4.69) is 10.3 Å². The molecule has 0 saturated carbocycles. The van der Waals surface area contributed by atoms with Crippen LogP contribution in [0.3, 0.4) is 0 Å². The maximum absolute atomic E-state index is 12.2. The number of aryl methyl sites for hydroxylation is 2. The number of hydrogen-bond donors (Lipinski definition) is 1. The summed E-state index contributed by atoms with van der Waals surface area (Å²) in [6, 6.07) is 9.29. The first-order valence-corrected chi connectivity index (χ1v) is 7.25. The minimum atomic E-state index is -0.266. The average Bonchev–Trinajstić information content (AvgIpc) is 3.01. The van der Waals surface area contributed by atoms with E-state index in [0.717, 1.165) is 22.4 Å². The van der Waals surface area contributed by atoms with Crippen molar-refractivity contribution in [2.75, 3.05) is 5.32 Å². The van der Waals surface area contributed by atoms with Crippen molar-refractivity contribution in [1.82, 2.24) is 4.98 Å². The van der Waals surface area contributed by atoms with Crippen LogP contribution in [-0.4, -0.2) is 10.9 Å². The summed E-state index contributed by atoms with van der Waals surface area (Å²) in [7, 11) is 0. The fourth-order valence-corrected chi connectivity index (χ4v) is 2.96. The molecule has 0 fully saturated rings. The first-order chi connectivity index (χ1) is 9.67. The van der Waals surface area contributed by atoms with Crippen molar-refractivity contribution in [1.29, 1.82) is 0 Å². The van der Waals surface area contributed by atoms with E-state index in [1.165, 1.54) is 11.3 Å². The van der Waals surface area contributed by atoms with Gasteiger partial charge in [-0.05, 0) is 25.5 Å². The molecule has 1 amide bonds. The zero-order chi connectivity index (χ0) is 14.1. The molecule has 2 aromatic heterocycles. The Morgan fingerprint density at radius 3 is 2.90 bits per heavy atom. The van der Waals surface area contributed by atoms with Crippen LogP contribution in [0.1, 0.15) is 28.0 Å². The van der Waals surface area contributed by atoms with Gasteiger partial charge in [0.2, 0.25) is 0 Å². The number of amides is 1. The third-order valence-corrected chi connectivity index (χ3v) is 4.03. The molecule has 0 unspecified atom stereocenters. The van der Waals surface area contributed by atoms with E-state index in [1.54, 1.807) is 6.07 Å². The molecule has 1 aromatic carbocycles. The molecule has 5 heteroatoms. The van der Waals surface area contributed by atoms with Crippen LogP contribution >= 0.6 is 11.3 Å². The summed E-state index contributed by atoms with van der Waals surface area (Å²) in [5.41, 5.74) is 1.73. The Balaban J connectivity index is 1.84. The number of benzene rings is 1. The zero-order valence-corrected chi connectivity index (χ0v) is 12.1. The third kappa shape index (κ3) is 2.32. The minimum absolute atomic E-state index is 0.266. The SMILES string of the molecule is CCc1nc(NC(=O)c2cc3ccccc3o2)sc1C. The van der Waals surface area contributed by atoms with Crippen LogP contribution in [-0.2, 0) is 6.42 Å². The number of anilines is 1. The van der Waals surface area contributed by atoms with Gasteiger partial charge in [-0.2, -0.15) is 0 Å². The molecular formula is C15H14N2O2S. The van der Waals surface area contributed by atoms with Gasteiger partial charge in [-0.25, -0.2) is 4.98 Å². The lowest BCUT2D eigenvalue weighted by molar-refractivity contribution is 0.0998. The molecule has 0 radical (unpaired) electrons. The van der Waals surface area contributed by atoms with Crippen molar-refractivity contribution >= 4 is 33.3 Å². The Morgan fingerprint density at radius 1 is 1.40 bits per heavy atom. The topological polar surface area (TPSA) is 55.1 Å². The smallest absolute Gasteiger partial charge is 0.293 e. The van der Waals surface area contributed by atoms with Gasteiger partial charge in [0.25, 0.3) is 5.91 Å². The third-order valence-electron chi connectivity index (χ3n) is 3.10. The second-order valence-electron chi connectivity index (χ2n) is 4.48. The van der Waals surface area contributed by atoms with Crippen LogP contribution in [0, 0.1) is 6.92 Å². The molecule has 0 aliphatic rings. The van der Waals surface area contributed by atoms with Crippen molar-refractivity contribution in [3.05, 3.63) is 46.7 Å². The summed E-state index contributed by atoms with van der Waals surface area (Å²) in [6.45, 7) is 4.06. The van der Waals surface area contributed by atoms with Crippen LogP contribution in [0.5, 0.6) is 0 Å². The molecule has 4 nitrogen and oxygen atoms in total. The van der Waals surface area contributed by atoms with Gasteiger partial charge in [-0.15, -0.1) is 11.3 Å². The van der Waals surface area contributed by atoms with E-state index < -0.39 is 0 Å². The Labute approximate surface area is 120 Å². The maximum Gasteiger partial charge on any atom is 0.293 e. The van der Waals surface area contributed by atoms with Crippen molar-refractivity contribution in [3.63, 3.8) is 0 Å². The maximum atomic E-state index is 12.2. The number of nitrogens with one attached hydrogen (secondary N) is 1. The number of hydrogen-bond acceptors (Lipinski definition) is 4. The van der Waals surface area contributed by atoms with Gasteiger partial charge in [0.05, 0.1) is 5.69 Å². The summed E-state index contributed by atoms with van der Waals surface area (Å²) >= 11 is 1.48. The van der Waals surface area contributed by atoms with E-state index in [9.17, 15) is 4.79 Å². The molecule has 0 aliphatic carbocycles. The highest BCUT2D eigenvalue weighted by atomic mass is 32.1. The van der Waals surface area contributed by atoms with Crippen LogP contribution in [0.25, 0.3) is 11.0 Å². The Bertz CT molecular complexity index is 740. The molecule has 2 heterocycles. The molecule has 0 atom stereocenters. The van der Waals surface area contributed by atoms with Gasteiger partial charge >= 0.3 is 0 Å². The van der Waals surface area contributed by atoms with Gasteiger partial charge in [0, 0.05) is 10.3 Å². The van der Waals surface area contributed by atoms with Gasteiger partial charge in [-0.3, -0.25) is 10.1 Å². The summed E-state index contributed by atoms with van der Waals surface area (Å²) in [5.74, 6) is 0.0368. The second-order valence-corrected chi connectivity index (χ2v) is 5.68. The fourth-order valence-electron chi connectivity index (χ4n) is 2.06. The van der Waals surface area contributed by atoms with E-state index in [-0.39, 0.29) is 5.91 Å². The van der Waals surface area contributed by atoms with Crippen molar-refractivity contribution < 1.29 is 9.21 Å². The average molecular weight is 286 g/mol. The monoisotopic (exact) mass is 286 g/mol. The lowest BCUT2D eigenvalue weighted by atomic mass is 10.2. The number of nitrogens with zero attached hydrogens (tertiary/aromatic N) is 1. The standard InChI is InChI=1S/C15H14N2O2S/c1-3-11-9(2)20-15(16-11)17-14(18)13-8-10-6-4-5-7-12(10)19-13/h4-8H,3H2,1-2H3,(H,16,17,18). The molecular weight excluding hydrogens is 272 g/mol. The summed E-state index contributed by atoms with van der Waals surface area (Å²) < 4.78 is 5.53. The number of fused-ring (bicyclic) bond motifs is 1. The number of rotatable bonds is 3. The molecule has 0 saturated heterocycles. The molecule has 1 N–H and O–H groups in total. The molecule has 3 rings (SSSR count). The molecule has 3 aromatic rings. The van der Waals surface area contributed by atoms with Gasteiger partial charge in [-0.1, -0.05) is 25.1 Å². The Kier molecular flexibility index (Phi) is 3.28. The number of carbonyl (C=O) groups excluding carboxylic acids is 1. The Morgan fingerprint density at radius 2 is 2.20 bits per heavy atom. The van der Waals surface area contributed by atoms with Crippen molar-refractivity contribution in [3.8, 4) is 0 Å². The van der Waals surface area contributed by atoms with E-state index in [4.69, 9.17) is 4.42 Å². The molecule has 0 spiro atoms. The summed E-state index contributed by atoms with van der Waals surface area (Å²) in [6.07, 6.45) is 0.864. The first-order valence-electron chi connectivity index (χ1n) is 6.43. The van der Waals surface area contributed by atoms with Crippen LogP contribution in [0.15, 0.2) is 34.7 Å². The number of carbonyl (C=O) groups is 1. The van der Waals surface area contributed by atoms with Crippen molar-refractivity contribution in [2.24, 2.45) is 0 Å². The normalized spacial score (nSPS) is 10.9. The van der Waals surface area contributed by atoms with Gasteiger partial charge in [0.1, 0.15) is 5.58 Å². The highest BCUT2D eigenvalue weighted by Crippen LogP contribution is 2.24. The fraction of sp³-hybridized carbons (Fsp3) is 0.200. The van der Waals surface area contributed by atoms with E-state index in [1.807, 2.05) is 38.1 Å². The van der Waals surface area contributed by atoms with Crippen LogP contribution in [0.2, 0.25) is 0 Å². The number of furan rings is 1. The molecule has 20 heavy (non-hydrogen) atoms. The lowest BCUT2D eigenvalue weighted by Crippen LogP contribution is -2.10. The lowest BCUT2D eigenvalue weighted by Gasteiger charge is -1.96. The zero-order valence-electron chi connectivity index (χ0n) is 11.3.